The van der Waals surface area contributed by atoms with Gasteiger partial charge in [-0.1, -0.05) is 0 Å². The molecule has 0 aliphatic heterocycles. The van der Waals surface area contributed by atoms with Gasteiger partial charge in [-0.15, -0.1) is 0 Å². The zero-order valence-electron chi connectivity index (χ0n) is 9.50. The highest BCUT2D eigenvalue weighted by Gasteiger charge is 2.39. The number of rotatable bonds is 2. The molecular formula is C11H7F3N2O3. The summed E-state index contributed by atoms with van der Waals surface area (Å²) < 4.78 is 36.2. The van der Waals surface area contributed by atoms with Gasteiger partial charge in [0.15, 0.2) is 5.78 Å². The number of benzene rings is 1. The first kappa shape index (κ1) is 14.5. The van der Waals surface area contributed by atoms with Gasteiger partial charge in [0.1, 0.15) is 11.8 Å². The van der Waals surface area contributed by atoms with Crippen LogP contribution in [0.2, 0.25) is 0 Å². The molecule has 100 valence electrons. The molecule has 0 aliphatic carbocycles. The van der Waals surface area contributed by atoms with E-state index in [4.69, 9.17) is 5.26 Å². The Hall–Kier alpha value is -2.56. The van der Waals surface area contributed by atoms with Crippen molar-refractivity contribution >= 4 is 17.4 Å². The lowest BCUT2D eigenvalue weighted by Crippen LogP contribution is -2.30. The highest BCUT2D eigenvalue weighted by Crippen LogP contribution is 2.28. The van der Waals surface area contributed by atoms with Crippen molar-refractivity contribution in [3.63, 3.8) is 0 Å². The lowest BCUT2D eigenvalue weighted by molar-refractivity contribution is -0.167. The second kappa shape index (κ2) is 4.97. The summed E-state index contributed by atoms with van der Waals surface area (Å²) in [5, 5.41) is 19.6. The van der Waals surface area contributed by atoms with Crippen LogP contribution in [0.25, 0.3) is 0 Å². The minimum Gasteiger partial charge on any atom is -0.507 e. The van der Waals surface area contributed by atoms with Crippen LogP contribution in [0, 0.1) is 11.3 Å². The third kappa shape index (κ3) is 3.22. The van der Waals surface area contributed by atoms with Gasteiger partial charge in [0.05, 0.1) is 16.8 Å². The second-order valence-electron chi connectivity index (χ2n) is 3.53. The monoisotopic (exact) mass is 272 g/mol. The van der Waals surface area contributed by atoms with Crippen LogP contribution < -0.4 is 5.32 Å². The number of hydrogen-bond acceptors (Lipinski definition) is 4. The lowest BCUT2D eigenvalue weighted by Gasteiger charge is -2.11. The first-order chi connectivity index (χ1) is 8.66. The number of phenolic OH excluding ortho intramolecular Hbond substituents is 1. The number of halogens is 3. The average molecular weight is 272 g/mol. The SMILES string of the molecule is CC(=O)c1cc(C#N)c(NC(=O)C(F)(F)F)cc1O. The lowest BCUT2D eigenvalue weighted by atomic mass is 10.1. The van der Waals surface area contributed by atoms with Gasteiger partial charge >= 0.3 is 12.1 Å². The first-order valence-corrected chi connectivity index (χ1v) is 4.83. The number of ketones is 1. The highest BCUT2D eigenvalue weighted by atomic mass is 19.4. The maximum atomic E-state index is 12.1. The minimum atomic E-state index is -5.12. The molecule has 0 bridgehead atoms. The molecule has 1 aromatic carbocycles. The summed E-state index contributed by atoms with van der Waals surface area (Å²) in [6, 6.07) is 3.16. The van der Waals surface area contributed by atoms with Crippen LogP contribution in [-0.4, -0.2) is 23.0 Å². The van der Waals surface area contributed by atoms with Gasteiger partial charge in [-0.25, -0.2) is 0 Å². The molecule has 0 saturated heterocycles. The van der Waals surface area contributed by atoms with Crippen LogP contribution in [0.3, 0.4) is 0 Å². The van der Waals surface area contributed by atoms with E-state index in [9.17, 15) is 27.9 Å². The van der Waals surface area contributed by atoms with Gasteiger partial charge in [0.2, 0.25) is 0 Å². The highest BCUT2D eigenvalue weighted by molar-refractivity contribution is 6.00. The van der Waals surface area contributed by atoms with E-state index in [2.05, 4.69) is 0 Å². The molecular weight excluding hydrogens is 265 g/mol. The molecule has 2 N–H and O–H groups in total. The van der Waals surface area contributed by atoms with Crippen molar-refractivity contribution < 1.29 is 27.9 Å². The Morgan fingerprint density at radius 1 is 1.37 bits per heavy atom. The van der Waals surface area contributed by atoms with E-state index in [0.717, 1.165) is 19.1 Å². The first-order valence-electron chi connectivity index (χ1n) is 4.83. The zero-order valence-corrected chi connectivity index (χ0v) is 9.50. The fourth-order valence-corrected chi connectivity index (χ4v) is 1.26. The number of aromatic hydroxyl groups is 1. The van der Waals surface area contributed by atoms with Crippen molar-refractivity contribution in [2.75, 3.05) is 5.32 Å². The number of phenols is 1. The Labute approximate surface area is 105 Å². The number of carbonyl (C=O) groups is 2. The molecule has 0 atom stereocenters. The van der Waals surface area contributed by atoms with E-state index in [1.54, 1.807) is 0 Å². The number of Topliss-reactive ketones (excluding diaryl/α,β-unsaturated/α-hetero) is 1. The fourth-order valence-electron chi connectivity index (χ4n) is 1.26. The Kier molecular flexibility index (Phi) is 3.80. The van der Waals surface area contributed by atoms with E-state index in [0.29, 0.717) is 0 Å². The van der Waals surface area contributed by atoms with Crippen molar-refractivity contribution in [1.82, 2.24) is 0 Å². The van der Waals surface area contributed by atoms with Crippen LogP contribution in [0.4, 0.5) is 18.9 Å². The van der Waals surface area contributed by atoms with Crippen LogP contribution in [0.15, 0.2) is 12.1 Å². The minimum absolute atomic E-state index is 0.221. The molecule has 5 nitrogen and oxygen atoms in total. The van der Waals surface area contributed by atoms with E-state index in [1.807, 2.05) is 0 Å². The number of nitrogens with one attached hydrogen (secondary N) is 1. The quantitative estimate of drug-likeness (QED) is 0.805. The fraction of sp³-hybridized carbons (Fsp3) is 0.182. The number of nitrogens with zero attached hydrogens (tertiary/aromatic N) is 1. The smallest absolute Gasteiger partial charge is 0.471 e. The van der Waals surface area contributed by atoms with Gasteiger partial charge in [-0.3, -0.25) is 9.59 Å². The van der Waals surface area contributed by atoms with Gasteiger partial charge in [0, 0.05) is 6.07 Å². The van der Waals surface area contributed by atoms with Crippen LogP contribution in [0.1, 0.15) is 22.8 Å². The third-order valence-corrected chi connectivity index (χ3v) is 2.14. The molecule has 1 aromatic rings. The summed E-state index contributed by atoms with van der Waals surface area (Å²) in [6.45, 7) is 1.12. The predicted octanol–water partition coefficient (Wildman–Crippen LogP) is 1.97. The van der Waals surface area contributed by atoms with E-state index < -0.39 is 29.3 Å². The third-order valence-electron chi connectivity index (χ3n) is 2.14. The van der Waals surface area contributed by atoms with E-state index >= 15 is 0 Å². The Balaban J connectivity index is 3.24. The standard InChI is InChI=1S/C11H7F3N2O3/c1-5(17)7-2-6(4-15)8(3-9(7)18)16-10(19)11(12,13)14/h2-3,18H,1H3,(H,16,19). The number of amides is 1. The van der Waals surface area contributed by atoms with Crippen molar-refractivity contribution in [1.29, 1.82) is 5.26 Å². The Morgan fingerprint density at radius 2 is 1.95 bits per heavy atom. The zero-order chi connectivity index (χ0) is 14.8. The van der Waals surface area contributed by atoms with Crippen molar-refractivity contribution in [2.24, 2.45) is 0 Å². The molecule has 0 fully saturated rings. The summed E-state index contributed by atoms with van der Waals surface area (Å²) >= 11 is 0. The molecule has 1 rings (SSSR count). The largest absolute Gasteiger partial charge is 0.507 e. The maximum Gasteiger partial charge on any atom is 0.471 e. The summed E-state index contributed by atoms with van der Waals surface area (Å²) in [7, 11) is 0. The molecule has 0 radical (unpaired) electrons. The predicted molar refractivity (Wildman–Crippen MR) is 57.5 cm³/mol. The second-order valence-corrected chi connectivity index (χ2v) is 3.53. The number of anilines is 1. The summed E-state index contributed by atoms with van der Waals surface area (Å²) in [5.74, 6) is -3.47. The number of carbonyl (C=O) groups excluding carboxylic acids is 2. The van der Waals surface area contributed by atoms with Crippen molar-refractivity contribution in [2.45, 2.75) is 13.1 Å². The number of nitriles is 1. The molecule has 0 spiro atoms. The van der Waals surface area contributed by atoms with Crippen LogP contribution in [0.5, 0.6) is 5.75 Å². The maximum absolute atomic E-state index is 12.1. The summed E-state index contributed by atoms with van der Waals surface area (Å²) in [6.07, 6.45) is -5.12. The summed E-state index contributed by atoms with van der Waals surface area (Å²) in [4.78, 5) is 21.8. The molecule has 0 saturated carbocycles. The Bertz CT molecular complexity index is 588. The van der Waals surface area contributed by atoms with E-state index in [1.165, 1.54) is 11.4 Å². The summed E-state index contributed by atoms with van der Waals surface area (Å²) in [5.41, 5.74) is -1.10. The van der Waals surface area contributed by atoms with E-state index in [-0.39, 0.29) is 11.1 Å². The normalized spacial score (nSPS) is 10.7. The molecule has 0 aliphatic rings. The number of hydrogen-bond donors (Lipinski definition) is 2. The Morgan fingerprint density at radius 3 is 2.37 bits per heavy atom. The van der Waals surface area contributed by atoms with Gasteiger partial charge < -0.3 is 10.4 Å². The molecule has 0 aromatic heterocycles. The topological polar surface area (TPSA) is 90.2 Å². The average Bonchev–Trinajstić information content (AvgIpc) is 2.27. The molecule has 8 heteroatoms. The van der Waals surface area contributed by atoms with Gasteiger partial charge in [-0.2, -0.15) is 18.4 Å². The number of alkyl halides is 3. The van der Waals surface area contributed by atoms with Crippen molar-refractivity contribution in [3.8, 4) is 11.8 Å². The molecule has 0 heterocycles. The van der Waals surface area contributed by atoms with Gasteiger partial charge in [-0.05, 0) is 13.0 Å². The molecule has 1 amide bonds. The van der Waals surface area contributed by atoms with Crippen LogP contribution >= 0.6 is 0 Å². The van der Waals surface area contributed by atoms with Crippen LogP contribution in [-0.2, 0) is 4.79 Å². The van der Waals surface area contributed by atoms with Crippen molar-refractivity contribution in [3.05, 3.63) is 23.3 Å². The molecule has 19 heavy (non-hydrogen) atoms. The van der Waals surface area contributed by atoms with Gasteiger partial charge in [0.25, 0.3) is 0 Å². The molecule has 0 unspecified atom stereocenters.